The zero-order valence-corrected chi connectivity index (χ0v) is 9.03. The fourth-order valence-electron chi connectivity index (χ4n) is 0.788. The van der Waals surface area contributed by atoms with Gasteiger partial charge in [0.1, 0.15) is 0 Å². The molecule has 0 aliphatic carbocycles. The molecule has 0 amide bonds. The molecular weight excluding hydrogens is 168 g/mol. The van der Waals surface area contributed by atoms with Gasteiger partial charge in [-0.25, -0.2) is 0 Å². The summed E-state index contributed by atoms with van der Waals surface area (Å²) in [5.74, 6) is 0. The van der Waals surface area contributed by atoms with Crippen LogP contribution in [0.1, 0.15) is 12.5 Å². The quantitative estimate of drug-likeness (QED) is 0.604. The number of allylic oxidation sites excluding steroid dienone is 4. The SMILES string of the molecule is C=C/C=C(/C)C=C.Cc1ccccc1. The first-order valence-electron chi connectivity index (χ1n) is 4.64. The van der Waals surface area contributed by atoms with Crippen LogP contribution < -0.4 is 0 Å². The lowest BCUT2D eigenvalue weighted by molar-refractivity contribution is 1.48. The second-order valence-corrected chi connectivity index (χ2v) is 3.01. The molecule has 14 heavy (non-hydrogen) atoms. The standard InChI is InChI=1S/C7H8.C7H10/c1-7-5-3-2-4-6-7;1-4-6-7(3)5-2/h2-6H,1H3;4-6H,1-2H2,3H3/b;7-6-. The van der Waals surface area contributed by atoms with E-state index < -0.39 is 0 Å². The van der Waals surface area contributed by atoms with Crippen molar-refractivity contribution in [3.63, 3.8) is 0 Å². The predicted octanol–water partition coefficient (Wildman–Crippen LogP) is 4.30. The van der Waals surface area contributed by atoms with Gasteiger partial charge in [0, 0.05) is 0 Å². The molecule has 0 nitrogen and oxygen atoms in total. The summed E-state index contributed by atoms with van der Waals surface area (Å²) < 4.78 is 0. The lowest BCUT2D eigenvalue weighted by Crippen LogP contribution is -1.62. The van der Waals surface area contributed by atoms with Crippen molar-refractivity contribution in [2.75, 3.05) is 0 Å². The van der Waals surface area contributed by atoms with Gasteiger partial charge in [0.15, 0.2) is 0 Å². The molecule has 0 aliphatic rings. The molecule has 0 unspecified atom stereocenters. The van der Waals surface area contributed by atoms with Crippen LogP contribution >= 0.6 is 0 Å². The first-order chi connectivity index (χ1) is 6.70. The lowest BCUT2D eigenvalue weighted by Gasteiger charge is -1.82. The van der Waals surface area contributed by atoms with E-state index in [0.717, 1.165) is 5.57 Å². The molecule has 0 heterocycles. The highest BCUT2D eigenvalue weighted by Gasteiger charge is 1.72. The summed E-state index contributed by atoms with van der Waals surface area (Å²) in [6.45, 7) is 11.2. The first-order valence-corrected chi connectivity index (χ1v) is 4.64. The van der Waals surface area contributed by atoms with Crippen molar-refractivity contribution >= 4 is 0 Å². The molecule has 74 valence electrons. The highest BCUT2D eigenvalue weighted by atomic mass is 13.8. The van der Waals surface area contributed by atoms with Crippen molar-refractivity contribution in [3.8, 4) is 0 Å². The minimum atomic E-state index is 1.15. The molecule has 0 radical (unpaired) electrons. The van der Waals surface area contributed by atoms with Gasteiger partial charge in [0.05, 0.1) is 0 Å². The maximum Gasteiger partial charge on any atom is -0.0398 e. The topological polar surface area (TPSA) is 0 Å². The average molecular weight is 186 g/mol. The molecule has 0 atom stereocenters. The van der Waals surface area contributed by atoms with Crippen LogP contribution in [0.2, 0.25) is 0 Å². The molecule has 0 fully saturated rings. The number of benzene rings is 1. The van der Waals surface area contributed by atoms with Gasteiger partial charge in [-0.3, -0.25) is 0 Å². The highest BCUT2D eigenvalue weighted by Crippen LogP contribution is 1.92. The Balaban J connectivity index is 0.000000241. The summed E-state index contributed by atoms with van der Waals surface area (Å²) in [5.41, 5.74) is 2.47. The van der Waals surface area contributed by atoms with Crippen LogP contribution in [0.4, 0.5) is 0 Å². The summed E-state index contributed by atoms with van der Waals surface area (Å²) in [6, 6.07) is 10.3. The third kappa shape index (κ3) is 7.11. The Bertz CT molecular complexity index is 291. The van der Waals surface area contributed by atoms with Crippen LogP contribution in [0.25, 0.3) is 0 Å². The molecule has 0 aliphatic heterocycles. The maximum atomic E-state index is 3.56. The molecule has 1 aromatic carbocycles. The predicted molar refractivity (Wildman–Crippen MR) is 65.3 cm³/mol. The molecule has 0 saturated carbocycles. The average Bonchev–Trinajstić information content (AvgIpc) is 2.20. The van der Waals surface area contributed by atoms with Gasteiger partial charge in [-0.05, 0) is 13.8 Å². The Kier molecular flexibility index (Phi) is 7.16. The minimum Gasteiger partial charge on any atom is -0.0991 e. The number of aryl methyl sites for hydroxylation is 1. The third-order valence-corrected chi connectivity index (χ3v) is 1.64. The van der Waals surface area contributed by atoms with Crippen LogP contribution in [0, 0.1) is 6.92 Å². The molecule has 1 aromatic rings. The Hall–Kier alpha value is -1.56. The van der Waals surface area contributed by atoms with Crippen LogP contribution in [-0.4, -0.2) is 0 Å². The molecule has 1 rings (SSSR count). The molecule has 0 saturated heterocycles. The molecule has 0 heteroatoms. The second-order valence-electron chi connectivity index (χ2n) is 3.01. The maximum absolute atomic E-state index is 3.56. The van der Waals surface area contributed by atoms with Gasteiger partial charge >= 0.3 is 0 Å². The zero-order chi connectivity index (χ0) is 10.8. The van der Waals surface area contributed by atoms with E-state index in [1.54, 1.807) is 12.2 Å². The van der Waals surface area contributed by atoms with E-state index in [9.17, 15) is 0 Å². The third-order valence-electron chi connectivity index (χ3n) is 1.64. The van der Waals surface area contributed by atoms with E-state index in [1.165, 1.54) is 5.56 Å². The van der Waals surface area contributed by atoms with Gasteiger partial charge in [-0.1, -0.05) is 72.9 Å². The van der Waals surface area contributed by atoms with Crippen molar-refractivity contribution in [2.24, 2.45) is 0 Å². The van der Waals surface area contributed by atoms with E-state index in [-0.39, 0.29) is 0 Å². The molecule has 0 N–H and O–H groups in total. The first kappa shape index (κ1) is 12.4. The van der Waals surface area contributed by atoms with Crippen LogP contribution in [-0.2, 0) is 0 Å². The summed E-state index contributed by atoms with van der Waals surface area (Å²) >= 11 is 0. The van der Waals surface area contributed by atoms with Crippen LogP contribution in [0.3, 0.4) is 0 Å². The summed E-state index contributed by atoms with van der Waals surface area (Å²) in [6.07, 6.45) is 5.45. The van der Waals surface area contributed by atoms with Gasteiger partial charge in [-0.15, -0.1) is 0 Å². The zero-order valence-electron chi connectivity index (χ0n) is 9.03. The fraction of sp³-hybridized carbons (Fsp3) is 0.143. The number of hydrogen-bond acceptors (Lipinski definition) is 0. The van der Waals surface area contributed by atoms with E-state index in [2.05, 4.69) is 32.2 Å². The van der Waals surface area contributed by atoms with Gasteiger partial charge in [0.25, 0.3) is 0 Å². The van der Waals surface area contributed by atoms with Gasteiger partial charge < -0.3 is 0 Å². The molecular formula is C14H18. The summed E-state index contributed by atoms with van der Waals surface area (Å²) in [5, 5.41) is 0. The number of hydrogen-bond donors (Lipinski definition) is 0. The van der Waals surface area contributed by atoms with E-state index in [4.69, 9.17) is 0 Å². The van der Waals surface area contributed by atoms with Crippen molar-refractivity contribution in [2.45, 2.75) is 13.8 Å². The molecule has 0 aromatic heterocycles. The number of rotatable bonds is 2. The summed E-state index contributed by atoms with van der Waals surface area (Å²) in [7, 11) is 0. The van der Waals surface area contributed by atoms with Crippen LogP contribution in [0.15, 0.2) is 67.3 Å². The second kappa shape index (κ2) is 8.06. The van der Waals surface area contributed by atoms with Gasteiger partial charge in [0.2, 0.25) is 0 Å². The Morgan fingerprint density at radius 2 is 1.71 bits per heavy atom. The van der Waals surface area contributed by atoms with Crippen LogP contribution in [0.5, 0.6) is 0 Å². The van der Waals surface area contributed by atoms with Crippen molar-refractivity contribution in [1.82, 2.24) is 0 Å². The molecule has 0 bridgehead atoms. The Morgan fingerprint density at radius 1 is 1.14 bits per heavy atom. The minimum absolute atomic E-state index is 1.15. The van der Waals surface area contributed by atoms with Crippen molar-refractivity contribution in [3.05, 3.63) is 72.9 Å². The summed E-state index contributed by atoms with van der Waals surface area (Å²) in [4.78, 5) is 0. The van der Waals surface area contributed by atoms with E-state index >= 15 is 0 Å². The molecule has 0 spiro atoms. The van der Waals surface area contributed by atoms with E-state index in [0.29, 0.717) is 0 Å². The largest absolute Gasteiger partial charge is 0.0991 e. The lowest BCUT2D eigenvalue weighted by atomic mass is 10.2. The Morgan fingerprint density at radius 3 is 1.93 bits per heavy atom. The van der Waals surface area contributed by atoms with E-state index in [1.807, 2.05) is 31.2 Å². The normalized spacial score (nSPS) is 9.71. The smallest absolute Gasteiger partial charge is 0.0398 e. The highest BCUT2D eigenvalue weighted by molar-refractivity contribution is 5.17. The fourth-order valence-corrected chi connectivity index (χ4v) is 0.788. The van der Waals surface area contributed by atoms with Crippen molar-refractivity contribution in [1.29, 1.82) is 0 Å². The van der Waals surface area contributed by atoms with Gasteiger partial charge in [-0.2, -0.15) is 0 Å². The van der Waals surface area contributed by atoms with Crippen molar-refractivity contribution < 1.29 is 0 Å². The Labute approximate surface area is 87.3 Å². The monoisotopic (exact) mass is 186 g/mol.